The van der Waals surface area contributed by atoms with Gasteiger partial charge in [0.25, 0.3) is 0 Å². The van der Waals surface area contributed by atoms with Crippen molar-refractivity contribution in [1.82, 2.24) is 24.9 Å². The summed E-state index contributed by atoms with van der Waals surface area (Å²) in [6.45, 7) is 7.26. The number of fused-ring (bicyclic) bond motifs is 6. The van der Waals surface area contributed by atoms with Crippen molar-refractivity contribution >= 4 is 59.3 Å². The predicted molar refractivity (Wildman–Crippen MR) is 234 cm³/mol. The zero-order valence-corrected chi connectivity index (χ0v) is 31.5. The van der Waals surface area contributed by atoms with Gasteiger partial charge in [-0.25, -0.2) is 29.8 Å². The number of hydrogen-bond acceptors (Lipinski definition) is 7. The van der Waals surface area contributed by atoms with Crippen LogP contribution in [0.5, 0.6) is 0 Å². The van der Waals surface area contributed by atoms with Gasteiger partial charge in [0.1, 0.15) is 11.2 Å². The molecule has 0 saturated carbocycles. The number of benzene rings is 7. The minimum Gasteiger partial charge on any atom is -0.456 e. The van der Waals surface area contributed by atoms with Crippen molar-refractivity contribution in [2.45, 2.75) is 0 Å². The van der Waals surface area contributed by atoms with E-state index < -0.39 is 0 Å². The van der Waals surface area contributed by atoms with E-state index in [1.807, 2.05) is 109 Å². The summed E-state index contributed by atoms with van der Waals surface area (Å²) in [6.07, 6.45) is 0. The first kappa shape index (κ1) is 33.5. The third-order valence-corrected chi connectivity index (χ3v) is 11.6. The number of thiophene rings is 1. The van der Waals surface area contributed by atoms with Crippen LogP contribution < -0.4 is 0 Å². The molecule has 0 spiro atoms. The van der Waals surface area contributed by atoms with Crippen molar-refractivity contribution in [2.24, 2.45) is 0 Å². The highest BCUT2D eigenvalue weighted by Gasteiger charge is 2.19. The molecule has 0 radical (unpaired) electrons. The molecule has 7 nitrogen and oxygen atoms in total. The summed E-state index contributed by atoms with van der Waals surface area (Å²) in [7, 11) is 0. The van der Waals surface area contributed by atoms with Crippen molar-refractivity contribution in [2.75, 3.05) is 0 Å². The number of nitrogens with zero attached hydrogens (tertiary/aromatic N) is 6. The molecule has 4 heterocycles. The molecule has 11 aromatic rings. The highest BCUT2D eigenvalue weighted by Crippen LogP contribution is 2.40. The second-order valence-corrected chi connectivity index (χ2v) is 15.0. The predicted octanol–water partition coefficient (Wildman–Crippen LogP) is 13.5. The lowest BCUT2D eigenvalue weighted by Crippen LogP contribution is -2.00. The first-order valence-electron chi connectivity index (χ1n) is 18.8. The summed E-state index contributed by atoms with van der Waals surface area (Å²) in [5.41, 5.74) is 10.6. The third-order valence-electron chi connectivity index (χ3n) is 10.4. The van der Waals surface area contributed by atoms with Gasteiger partial charge in [-0.1, -0.05) is 133 Å². The van der Waals surface area contributed by atoms with Crippen LogP contribution in [0, 0.1) is 6.57 Å². The molecule has 0 atom stereocenters. The number of aromatic nitrogens is 5. The summed E-state index contributed by atoms with van der Waals surface area (Å²) < 4.78 is 8.75. The number of hydrogen-bond donors (Lipinski definition) is 0. The zero-order valence-electron chi connectivity index (χ0n) is 30.7. The van der Waals surface area contributed by atoms with Gasteiger partial charge in [-0.15, -0.1) is 11.3 Å². The number of rotatable bonds is 6. The van der Waals surface area contributed by atoms with Gasteiger partial charge in [0, 0.05) is 48.7 Å². The molecule has 8 heteroatoms. The maximum Gasteiger partial charge on any atom is 0.187 e. The summed E-state index contributed by atoms with van der Waals surface area (Å²) in [5, 5.41) is 3.08. The first-order chi connectivity index (χ1) is 28.6. The Kier molecular flexibility index (Phi) is 7.91. The van der Waals surface area contributed by atoms with Crippen LogP contribution >= 0.6 is 11.3 Å². The van der Waals surface area contributed by atoms with Gasteiger partial charge in [0.15, 0.2) is 29.0 Å². The minimum absolute atomic E-state index is 0.545. The molecule has 0 unspecified atom stereocenters. The van der Waals surface area contributed by atoms with E-state index in [0.717, 1.165) is 82.2 Å². The van der Waals surface area contributed by atoms with Crippen molar-refractivity contribution in [3.63, 3.8) is 0 Å². The maximum absolute atomic E-state index is 7.26. The molecular weight excluding hydrogens is 733 g/mol. The highest BCUT2D eigenvalue weighted by atomic mass is 32.1. The van der Waals surface area contributed by atoms with E-state index >= 15 is 0 Å². The Morgan fingerprint density at radius 3 is 1.69 bits per heavy atom. The SMILES string of the molecule is [C-]#[N+]c1ccc(-c2ccc(-c3nc(-c4ccccc4)nc(-c4ccc5c(c4)oc4ccc(-c6nc(-c7ccccc7)c7sc8ccccc8c7n6)cc45)n3)cc2)cc1. The van der Waals surface area contributed by atoms with Crippen LogP contribution in [0.2, 0.25) is 0 Å². The molecule has 58 heavy (non-hydrogen) atoms. The van der Waals surface area contributed by atoms with E-state index in [1.54, 1.807) is 11.3 Å². The van der Waals surface area contributed by atoms with Crippen LogP contribution in [0.3, 0.4) is 0 Å². The Morgan fingerprint density at radius 1 is 0.414 bits per heavy atom. The summed E-state index contributed by atoms with van der Waals surface area (Å²) in [4.78, 5) is 28.8. The molecule has 0 aliphatic carbocycles. The van der Waals surface area contributed by atoms with Crippen molar-refractivity contribution in [3.8, 4) is 67.9 Å². The normalized spacial score (nSPS) is 11.4. The van der Waals surface area contributed by atoms with Crippen LogP contribution in [-0.2, 0) is 0 Å². The standard InChI is InChI=1S/C50H28N6OS/c1-51-37-24-20-31(21-25-37)30-16-18-34(19-17-30)48-54-47(33-12-6-3-7-13-33)55-50(56-48)36-22-26-38-40-28-35(23-27-41(40)57-42(38)29-36)49-52-44(32-10-4-2-5-11-32)46-45(53-49)39-14-8-9-15-43(39)58-46/h2-29H. The van der Waals surface area contributed by atoms with Gasteiger partial charge in [0.05, 0.1) is 22.5 Å². The molecule has 0 N–H and O–H groups in total. The van der Waals surface area contributed by atoms with Crippen LogP contribution in [0.4, 0.5) is 5.69 Å². The van der Waals surface area contributed by atoms with Gasteiger partial charge in [0.2, 0.25) is 0 Å². The summed E-state index contributed by atoms with van der Waals surface area (Å²) in [6, 6.07) is 56.7. The van der Waals surface area contributed by atoms with E-state index in [9.17, 15) is 0 Å². The molecule has 4 aromatic heterocycles. The Morgan fingerprint density at radius 2 is 0.966 bits per heavy atom. The summed E-state index contributed by atoms with van der Waals surface area (Å²) in [5.74, 6) is 2.36. The fraction of sp³-hybridized carbons (Fsp3) is 0. The van der Waals surface area contributed by atoms with Crippen molar-refractivity contribution in [3.05, 3.63) is 181 Å². The topological polar surface area (TPSA) is 82.0 Å². The van der Waals surface area contributed by atoms with Gasteiger partial charge < -0.3 is 4.42 Å². The van der Waals surface area contributed by atoms with Crippen LogP contribution in [0.15, 0.2) is 174 Å². The van der Waals surface area contributed by atoms with Gasteiger partial charge in [-0.05, 0) is 47.5 Å². The Balaban J connectivity index is 0.999. The second-order valence-electron chi connectivity index (χ2n) is 14.0. The van der Waals surface area contributed by atoms with E-state index in [1.165, 1.54) is 4.70 Å². The van der Waals surface area contributed by atoms with Crippen LogP contribution in [0.1, 0.15) is 0 Å². The lowest BCUT2D eigenvalue weighted by Gasteiger charge is -2.09. The molecule has 0 bridgehead atoms. The monoisotopic (exact) mass is 760 g/mol. The molecular formula is C50H28N6OS. The van der Waals surface area contributed by atoms with E-state index in [-0.39, 0.29) is 0 Å². The van der Waals surface area contributed by atoms with Crippen molar-refractivity contribution in [1.29, 1.82) is 0 Å². The molecule has 0 amide bonds. The second kappa shape index (κ2) is 13.7. The van der Waals surface area contributed by atoms with Crippen molar-refractivity contribution < 1.29 is 4.42 Å². The Labute approximate surface area is 336 Å². The molecule has 0 saturated heterocycles. The minimum atomic E-state index is 0.545. The Hall–Kier alpha value is -7.86. The highest BCUT2D eigenvalue weighted by molar-refractivity contribution is 7.26. The smallest absolute Gasteiger partial charge is 0.187 e. The molecule has 7 aromatic carbocycles. The third kappa shape index (κ3) is 5.86. The largest absolute Gasteiger partial charge is 0.456 e. The van der Waals surface area contributed by atoms with Gasteiger partial charge >= 0.3 is 0 Å². The lowest BCUT2D eigenvalue weighted by atomic mass is 10.0. The van der Waals surface area contributed by atoms with Gasteiger partial charge in [-0.3, -0.25) is 0 Å². The molecule has 0 aliphatic heterocycles. The summed E-state index contributed by atoms with van der Waals surface area (Å²) >= 11 is 1.73. The molecule has 270 valence electrons. The maximum atomic E-state index is 7.26. The average molecular weight is 761 g/mol. The van der Waals surface area contributed by atoms with E-state index in [2.05, 4.69) is 65.5 Å². The fourth-order valence-corrected chi connectivity index (χ4v) is 8.61. The van der Waals surface area contributed by atoms with Gasteiger partial charge in [-0.2, -0.15) is 0 Å². The molecule has 0 fully saturated rings. The Bertz CT molecular complexity index is 3390. The molecule has 0 aliphatic rings. The molecule has 11 rings (SSSR count). The van der Waals surface area contributed by atoms with E-state index in [0.29, 0.717) is 29.0 Å². The fourth-order valence-electron chi connectivity index (χ4n) is 7.46. The van der Waals surface area contributed by atoms with Crippen LogP contribution in [0.25, 0.3) is 115 Å². The van der Waals surface area contributed by atoms with E-state index in [4.69, 9.17) is 35.9 Å². The first-order valence-corrected chi connectivity index (χ1v) is 19.6. The lowest BCUT2D eigenvalue weighted by molar-refractivity contribution is 0.669. The quantitative estimate of drug-likeness (QED) is 0.157. The van der Waals surface area contributed by atoms with Crippen LogP contribution in [-0.4, -0.2) is 24.9 Å². The zero-order chi connectivity index (χ0) is 38.6. The average Bonchev–Trinajstić information content (AvgIpc) is 3.87. The number of furan rings is 1.